The van der Waals surface area contributed by atoms with E-state index in [9.17, 15) is 18.4 Å². The number of likely N-dealkylation sites (N-methyl/N-ethyl adjacent to an activating group) is 1. The lowest BCUT2D eigenvalue weighted by atomic mass is 10.1. The molecule has 4 rings (SSSR count). The van der Waals surface area contributed by atoms with Gasteiger partial charge in [0.15, 0.2) is 0 Å². The predicted molar refractivity (Wildman–Crippen MR) is 107 cm³/mol. The maximum atomic E-state index is 14.2. The van der Waals surface area contributed by atoms with Crippen molar-refractivity contribution in [1.82, 2.24) is 9.88 Å². The smallest absolute Gasteiger partial charge is 0.272 e. The number of aromatic amines is 1. The first-order chi connectivity index (χ1) is 13.8. The van der Waals surface area contributed by atoms with E-state index in [2.05, 4.69) is 10.3 Å². The van der Waals surface area contributed by atoms with Crippen LogP contribution in [-0.2, 0) is 4.79 Å². The summed E-state index contributed by atoms with van der Waals surface area (Å²) in [6.07, 6.45) is 0. The number of amides is 2. The van der Waals surface area contributed by atoms with Crippen LogP contribution >= 0.6 is 0 Å². The second-order valence-corrected chi connectivity index (χ2v) is 7.23. The number of hydrogen-bond donors (Lipinski definition) is 2. The summed E-state index contributed by atoms with van der Waals surface area (Å²) in [4.78, 5) is 30.9. The van der Waals surface area contributed by atoms with Crippen molar-refractivity contribution in [3.63, 3.8) is 0 Å². The lowest BCUT2D eigenvalue weighted by Crippen LogP contribution is -2.48. The first-order valence-electron chi connectivity index (χ1n) is 9.20. The lowest BCUT2D eigenvalue weighted by Gasteiger charge is -2.33. The Morgan fingerprint density at radius 2 is 1.93 bits per heavy atom. The molecule has 2 N–H and O–H groups in total. The van der Waals surface area contributed by atoms with Crippen LogP contribution in [0.5, 0.6) is 0 Å². The highest BCUT2D eigenvalue weighted by atomic mass is 19.1. The van der Waals surface area contributed by atoms with E-state index in [1.807, 2.05) is 6.92 Å². The first-order valence-corrected chi connectivity index (χ1v) is 9.20. The predicted octanol–water partition coefficient (Wildman–Crippen LogP) is 3.29. The fraction of sp³-hybridized carbons (Fsp3) is 0.238. The molecule has 0 atom stereocenters. The number of carbonyl (C=O) groups is 2. The number of H-pyrrole nitrogens is 1. The van der Waals surface area contributed by atoms with Gasteiger partial charge in [0.2, 0.25) is 5.91 Å². The number of nitrogens with zero attached hydrogens (tertiary/aromatic N) is 2. The zero-order chi connectivity index (χ0) is 20.7. The Kier molecular flexibility index (Phi) is 4.70. The Hall–Kier alpha value is -3.42. The van der Waals surface area contributed by atoms with Crippen LogP contribution in [0.4, 0.5) is 20.2 Å². The molecule has 1 aliphatic rings. The van der Waals surface area contributed by atoms with Crippen LogP contribution in [-0.4, -0.2) is 48.4 Å². The number of rotatable bonds is 3. The topological polar surface area (TPSA) is 68.4 Å². The average Bonchev–Trinajstić information content (AvgIpc) is 3.13. The van der Waals surface area contributed by atoms with Crippen LogP contribution in [0.2, 0.25) is 0 Å². The highest BCUT2D eigenvalue weighted by molar-refractivity contribution is 6.06. The normalized spacial score (nSPS) is 14.6. The van der Waals surface area contributed by atoms with E-state index in [1.165, 1.54) is 24.3 Å². The molecule has 3 aromatic rings. The summed E-state index contributed by atoms with van der Waals surface area (Å²) in [6.45, 7) is 3.07. The number of aryl methyl sites for hydroxylation is 1. The van der Waals surface area contributed by atoms with Crippen molar-refractivity contribution >= 4 is 34.1 Å². The molecule has 1 saturated heterocycles. The highest BCUT2D eigenvalue weighted by Crippen LogP contribution is 2.25. The second kappa shape index (κ2) is 7.20. The van der Waals surface area contributed by atoms with Crippen LogP contribution in [0.3, 0.4) is 0 Å². The van der Waals surface area contributed by atoms with Crippen molar-refractivity contribution in [2.45, 2.75) is 6.92 Å². The molecule has 0 spiro atoms. The van der Waals surface area contributed by atoms with E-state index in [4.69, 9.17) is 0 Å². The first kappa shape index (κ1) is 18.9. The molecule has 29 heavy (non-hydrogen) atoms. The number of halogens is 2. The SMILES string of the molecule is Cc1ccc(F)c2cc(C(=O)Nc3cc(F)cc(N4CCN(C)C(=O)C4)c3)[nH]c12. The second-order valence-electron chi connectivity index (χ2n) is 7.23. The number of carbonyl (C=O) groups excluding carboxylic acids is 2. The maximum Gasteiger partial charge on any atom is 0.272 e. The van der Waals surface area contributed by atoms with Gasteiger partial charge in [0.25, 0.3) is 5.91 Å². The number of nitrogens with one attached hydrogen (secondary N) is 2. The van der Waals surface area contributed by atoms with E-state index >= 15 is 0 Å². The Morgan fingerprint density at radius 1 is 1.14 bits per heavy atom. The van der Waals surface area contributed by atoms with Crippen molar-refractivity contribution in [2.24, 2.45) is 0 Å². The van der Waals surface area contributed by atoms with E-state index in [-0.39, 0.29) is 23.8 Å². The molecule has 0 saturated carbocycles. The number of benzene rings is 2. The molecule has 2 aromatic carbocycles. The van der Waals surface area contributed by atoms with Crippen LogP contribution < -0.4 is 10.2 Å². The van der Waals surface area contributed by atoms with Crippen LogP contribution in [0.25, 0.3) is 10.9 Å². The monoisotopic (exact) mass is 398 g/mol. The van der Waals surface area contributed by atoms with Gasteiger partial charge < -0.3 is 20.1 Å². The fourth-order valence-electron chi connectivity index (χ4n) is 3.45. The summed E-state index contributed by atoms with van der Waals surface area (Å²) in [5.74, 6) is -1.51. The van der Waals surface area contributed by atoms with Crippen LogP contribution in [0.1, 0.15) is 16.1 Å². The van der Waals surface area contributed by atoms with Gasteiger partial charge in [-0.1, -0.05) is 6.07 Å². The summed E-state index contributed by atoms with van der Waals surface area (Å²) in [6, 6.07) is 8.57. The van der Waals surface area contributed by atoms with Crippen molar-refractivity contribution in [3.8, 4) is 0 Å². The van der Waals surface area contributed by atoms with E-state index in [0.717, 1.165) is 5.56 Å². The molecule has 1 aromatic heterocycles. The molecule has 8 heteroatoms. The highest BCUT2D eigenvalue weighted by Gasteiger charge is 2.22. The minimum Gasteiger partial charge on any atom is -0.360 e. The molecule has 2 heterocycles. The van der Waals surface area contributed by atoms with Gasteiger partial charge >= 0.3 is 0 Å². The number of piperazine rings is 1. The van der Waals surface area contributed by atoms with Crippen LogP contribution in [0, 0.1) is 18.6 Å². The molecule has 0 aliphatic carbocycles. The van der Waals surface area contributed by atoms with Gasteiger partial charge in [-0.25, -0.2) is 8.78 Å². The molecule has 1 fully saturated rings. The van der Waals surface area contributed by atoms with E-state index < -0.39 is 17.5 Å². The van der Waals surface area contributed by atoms with Gasteiger partial charge in [0.05, 0.1) is 12.1 Å². The van der Waals surface area contributed by atoms with Gasteiger partial charge in [0, 0.05) is 36.9 Å². The minimum atomic E-state index is -0.525. The third kappa shape index (κ3) is 3.65. The van der Waals surface area contributed by atoms with Crippen molar-refractivity contribution < 1.29 is 18.4 Å². The fourth-order valence-corrected chi connectivity index (χ4v) is 3.45. The largest absolute Gasteiger partial charge is 0.360 e. The zero-order valence-electron chi connectivity index (χ0n) is 16.1. The summed E-state index contributed by atoms with van der Waals surface area (Å²) in [7, 11) is 1.72. The molecule has 150 valence electrons. The zero-order valence-corrected chi connectivity index (χ0v) is 16.1. The number of aromatic nitrogens is 1. The summed E-state index contributed by atoms with van der Waals surface area (Å²) < 4.78 is 28.2. The van der Waals surface area contributed by atoms with Gasteiger partial charge in [0.1, 0.15) is 17.3 Å². The Balaban J connectivity index is 1.59. The molecular weight excluding hydrogens is 378 g/mol. The maximum absolute atomic E-state index is 14.2. The van der Waals surface area contributed by atoms with Gasteiger partial charge in [-0.05, 0) is 42.8 Å². The van der Waals surface area contributed by atoms with Gasteiger partial charge in [-0.15, -0.1) is 0 Å². The Bertz CT molecular complexity index is 1090. The number of anilines is 2. The van der Waals surface area contributed by atoms with E-state index in [0.29, 0.717) is 29.7 Å². The standard InChI is InChI=1S/C21H20F2N4O2/c1-12-3-4-17(23)16-10-18(25-20(12)16)21(29)24-14-7-13(22)8-15(9-14)27-6-5-26(2)19(28)11-27/h3-4,7-10,25H,5-6,11H2,1-2H3,(H,24,29). The molecule has 1 aliphatic heterocycles. The minimum absolute atomic E-state index is 0.0541. The Morgan fingerprint density at radius 3 is 2.66 bits per heavy atom. The summed E-state index contributed by atoms with van der Waals surface area (Å²) in [5.41, 5.74) is 2.31. The van der Waals surface area contributed by atoms with Crippen molar-refractivity contribution in [1.29, 1.82) is 0 Å². The molecule has 6 nitrogen and oxygen atoms in total. The molecule has 2 amide bonds. The molecule has 0 unspecified atom stereocenters. The quantitative estimate of drug-likeness (QED) is 0.712. The van der Waals surface area contributed by atoms with Gasteiger partial charge in [-0.2, -0.15) is 0 Å². The molecule has 0 bridgehead atoms. The molecular formula is C21H20F2N4O2. The number of hydrogen-bond acceptors (Lipinski definition) is 3. The average molecular weight is 398 g/mol. The third-order valence-electron chi connectivity index (χ3n) is 5.16. The van der Waals surface area contributed by atoms with Crippen molar-refractivity contribution in [2.75, 3.05) is 36.9 Å². The van der Waals surface area contributed by atoms with E-state index in [1.54, 1.807) is 29.0 Å². The Labute approximate surface area is 166 Å². The van der Waals surface area contributed by atoms with Crippen LogP contribution in [0.15, 0.2) is 36.4 Å². The lowest BCUT2D eigenvalue weighted by molar-refractivity contribution is -0.129. The van der Waals surface area contributed by atoms with Gasteiger partial charge in [-0.3, -0.25) is 9.59 Å². The number of fused-ring (bicyclic) bond motifs is 1. The summed E-state index contributed by atoms with van der Waals surface area (Å²) in [5, 5.41) is 2.97. The third-order valence-corrected chi connectivity index (χ3v) is 5.16. The van der Waals surface area contributed by atoms with Crippen molar-refractivity contribution in [3.05, 3.63) is 59.3 Å². The molecule has 0 radical (unpaired) electrons. The summed E-state index contributed by atoms with van der Waals surface area (Å²) >= 11 is 0.